The van der Waals surface area contributed by atoms with Crippen molar-refractivity contribution >= 4 is 22.5 Å². The quantitative estimate of drug-likeness (QED) is 0.898. The summed E-state index contributed by atoms with van der Waals surface area (Å²) in [5.41, 5.74) is 9.67. The molecule has 3 N–H and O–H groups in total. The van der Waals surface area contributed by atoms with Crippen LogP contribution in [0.15, 0.2) is 24.3 Å². The van der Waals surface area contributed by atoms with E-state index in [9.17, 15) is 4.79 Å². The molecule has 4 heteroatoms. The van der Waals surface area contributed by atoms with Crippen molar-refractivity contribution in [2.45, 2.75) is 27.2 Å². The topological polar surface area (TPSA) is 68.0 Å². The SMILES string of the molecule is CC(=O)Nc1ccc2nc(CC(C)CN)cc(C)c2c1. The van der Waals surface area contributed by atoms with Crippen LogP contribution in [0.4, 0.5) is 5.69 Å². The first-order valence-electron chi connectivity index (χ1n) is 6.87. The zero-order valence-electron chi connectivity index (χ0n) is 12.2. The van der Waals surface area contributed by atoms with Gasteiger partial charge in [0.25, 0.3) is 0 Å². The first kappa shape index (κ1) is 14.5. The van der Waals surface area contributed by atoms with Crippen LogP contribution in [0.25, 0.3) is 10.9 Å². The predicted octanol–water partition coefficient (Wildman–Crippen LogP) is 2.64. The highest BCUT2D eigenvalue weighted by Crippen LogP contribution is 2.23. The molecule has 1 aromatic heterocycles. The van der Waals surface area contributed by atoms with Crippen molar-refractivity contribution in [3.05, 3.63) is 35.5 Å². The summed E-state index contributed by atoms with van der Waals surface area (Å²) in [4.78, 5) is 15.8. The molecule has 106 valence electrons. The van der Waals surface area contributed by atoms with Crippen LogP contribution in [0.1, 0.15) is 25.1 Å². The van der Waals surface area contributed by atoms with Crippen LogP contribution in [0.5, 0.6) is 0 Å². The fraction of sp³-hybridized carbons (Fsp3) is 0.375. The number of anilines is 1. The first-order valence-corrected chi connectivity index (χ1v) is 6.87. The second-order valence-corrected chi connectivity index (χ2v) is 5.39. The van der Waals surface area contributed by atoms with E-state index in [-0.39, 0.29) is 5.91 Å². The Bertz CT molecular complexity index is 637. The molecule has 0 saturated heterocycles. The number of hydrogen-bond acceptors (Lipinski definition) is 3. The number of pyridine rings is 1. The third-order valence-corrected chi connectivity index (χ3v) is 3.35. The first-order chi connectivity index (χ1) is 9.49. The Labute approximate surface area is 119 Å². The largest absolute Gasteiger partial charge is 0.330 e. The molecule has 0 bridgehead atoms. The lowest BCUT2D eigenvalue weighted by Gasteiger charge is -2.11. The minimum absolute atomic E-state index is 0.0663. The van der Waals surface area contributed by atoms with Gasteiger partial charge in [0.2, 0.25) is 5.91 Å². The summed E-state index contributed by atoms with van der Waals surface area (Å²) in [6, 6.07) is 7.90. The molecule has 0 aliphatic rings. The van der Waals surface area contributed by atoms with Crippen LogP contribution in [0.2, 0.25) is 0 Å². The molecule has 1 amide bonds. The molecule has 0 aliphatic carbocycles. The number of nitrogens with two attached hydrogens (primary N) is 1. The van der Waals surface area contributed by atoms with Crippen molar-refractivity contribution in [3.8, 4) is 0 Å². The maximum absolute atomic E-state index is 11.1. The highest BCUT2D eigenvalue weighted by Gasteiger charge is 2.07. The molecule has 0 spiro atoms. The zero-order chi connectivity index (χ0) is 14.7. The molecular formula is C16H21N3O. The summed E-state index contributed by atoms with van der Waals surface area (Å²) in [5.74, 6) is 0.362. The Morgan fingerprint density at radius 3 is 2.80 bits per heavy atom. The Morgan fingerprint density at radius 1 is 1.40 bits per heavy atom. The normalized spacial score (nSPS) is 12.4. The zero-order valence-corrected chi connectivity index (χ0v) is 12.2. The number of rotatable bonds is 4. The van der Waals surface area contributed by atoms with Gasteiger partial charge in [-0.25, -0.2) is 0 Å². The number of fused-ring (bicyclic) bond motifs is 1. The lowest BCUT2D eigenvalue weighted by Crippen LogP contribution is -2.14. The minimum atomic E-state index is -0.0663. The number of aryl methyl sites for hydroxylation is 1. The van der Waals surface area contributed by atoms with Gasteiger partial charge in [-0.15, -0.1) is 0 Å². The Hall–Kier alpha value is -1.94. The molecule has 0 saturated carbocycles. The van der Waals surface area contributed by atoms with Gasteiger partial charge < -0.3 is 11.1 Å². The predicted molar refractivity (Wildman–Crippen MR) is 82.7 cm³/mol. The summed E-state index contributed by atoms with van der Waals surface area (Å²) in [7, 11) is 0. The van der Waals surface area contributed by atoms with Gasteiger partial charge in [-0.2, -0.15) is 0 Å². The number of nitrogens with zero attached hydrogens (tertiary/aromatic N) is 1. The monoisotopic (exact) mass is 271 g/mol. The second-order valence-electron chi connectivity index (χ2n) is 5.39. The summed E-state index contributed by atoms with van der Waals surface area (Å²) in [6.45, 7) is 6.37. The summed E-state index contributed by atoms with van der Waals surface area (Å²) >= 11 is 0. The third kappa shape index (κ3) is 3.33. The fourth-order valence-corrected chi connectivity index (χ4v) is 2.29. The van der Waals surface area contributed by atoms with Gasteiger partial charge in [-0.3, -0.25) is 9.78 Å². The Balaban J connectivity index is 2.38. The van der Waals surface area contributed by atoms with Crippen LogP contribution < -0.4 is 11.1 Å². The van der Waals surface area contributed by atoms with Crippen molar-refractivity contribution in [1.29, 1.82) is 0 Å². The highest BCUT2D eigenvalue weighted by molar-refractivity contribution is 5.93. The molecule has 1 aromatic carbocycles. The maximum Gasteiger partial charge on any atom is 0.221 e. The molecular weight excluding hydrogens is 250 g/mol. The summed E-state index contributed by atoms with van der Waals surface area (Å²) in [5, 5.41) is 3.87. The van der Waals surface area contributed by atoms with Crippen LogP contribution in [-0.2, 0) is 11.2 Å². The molecule has 0 fully saturated rings. The van der Waals surface area contributed by atoms with Crippen LogP contribution in [-0.4, -0.2) is 17.4 Å². The Morgan fingerprint density at radius 2 is 2.15 bits per heavy atom. The van der Waals surface area contributed by atoms with E-state index < -0.39 is 0 Å². The van der Waals surface area contributed by atoms with Gasteiger partial charge in [0, 0.05) is 23.7 Å². The molecule has 4 nitrogen and oxygen atoms in total. The standard InChI is InChI=1S/C16H21N3O/c1-10(9-17)6-14-7-11(2)15-8-13(18-12(3)20)4-5-16(15)19-14/h4-5,7-8,10H,6,9,17H2,1-3H3,(H,18,20). The third-order valence-electron chi connectivity index (χ3n) is 3.35. The van der Waals surface area contributed by atoms with E-state index in [0.717, 1.165) is 28.7 Å². The number of benzene rings is 1. The molecule has 20 heavy (non-hydrogen) atoms. The van der Waals surface area contributed by atoms with Gasteiger partial charge in [-0.1, -0.05) is 6.92 Å². The van der Waals surface area contributed by atoms with Crippen molar-refractivity contribution in [2.24, 2.45) is 11.7 Å². The average Bonchev–Trinajstić information content (AvgIpc) is 2.38. The van der Waals surface area contributed by atoms with E-state index >= 15 is 0 Å². The number of carbonyl (C=O) groups is 1. The summed E-state index contributed by atoms with van der Waals surface area (Å²) in [6.07, 6.45) is 0.890. The van der Waals surface area contributed by atoms with Gasteiger partial charge in [0.1, 0.15) is 0 Å². The van der Waals surface area contributed by atoms with Gasteiger partial charge in [0.05, 0.1) is 5.52 Å². The lowest BCUT2D eigenvalue weighted by atomic mass is 10.0. The molecule has 1 atom stereocenters. The van der Waals surface area contributed by atoms with E-state index in [1.54, 1.807) is 0 Å². The van der Waals surface area contributed by atoms with E-state index in [4.69, 9.17) is 5.73 Å². The molecule has 1 unspecified atom stereocenters. The molecule has 0 aliphatic heterocycles. The molecule has 2 rings (SSSR count). The second kappa shape index (κ2) is 6.01. The smallest absolute Gasteiger partial charge is 0.221 e. The summed E-state index contributed by atoms with van der Waals surface area (Å²) < 4.78 is 0. The van der Waals surface area contributed by atoms with Gasteiger partial charge in [0.15, 0.2) is 0 Å². The molecule has 0 radical (unpaired) electrons. The lowest BCUT2D eigenvalue weighted by molar-refractivity contribution is -0.114. The highest BCUT2D eigenvalue weighted by atomic mass is 16.1. The van der Waals surface area contributed by atoms with E-state index in [1.165, 1.54) is 12.5 Å². The number of hydrogen-bond donors (Lipinski definition) is 2. The number of carbonyl (C=O) groups excluding carboxylic acids is 1. The van der Waals surface area contributed by atoms with Gasteiger partial charge >= 0.3 is 0 Å². The molecule has 1 heterocycles. The van der Waals surface area contributed by atoms with Gasteiger partial charge in [-0.05, 0) is 55.6 Å². The van der Waals surface area contributed by atoms with Crippen molar-refractivity contribution in [1.82, 2.24) is 4.98 Å². The Kier molecular flexibility index (Phi) is 4.35. The van der Waals surface area contributed by atoms with E-state index in [0.29, 0.717) is 12.5 Å². The van der Waals surface area contributed by atoms with Crippen LogP contribution >= 0.6 is 0 Å². The van der Waals surface area contributed by atoms with E-state index in [2.05, 4.69) is 30.2 Å². The van der Waals surface area contributed by atoms with Crippen molar-refractivity contribution < 1.29 is 4.79 Å². The minimum Gasteiger partial charge on any atom is -0.330 e. The number of nitrogens with one attached hydrogen (secondary N) is 1. The number of amides is 1. The fourth-order valence-electron chi connectivity index (χ4n) is 2.29. The van der Waals surface area contributed by atoms with Crippen LogP contribution in [0, 0.1) is 12.8 Å². The van der Waals surface area contributed by atoms with Crippen LogP contribution in [0.3, 0.4) is 0 Å². The molecule has 2 aromatic rings. The average molecular weight is 271 g/mol. The van der Waals surface area contributed by atoms with E-state index in [1.807, 2.05) is 18.2 Å². The van der Waals surface area contributed by atoms with Crippen molar-refractivity contribution in [2.75, 3.05) is 11.9 Å². The number of aromatic nitrogens is 1. The maximum atomic E-state index is 11.1. The van der Waals surface area contributed by atoms with Crippen molar-refractivity contribution in [3.63, 3.8) is 0 Å².